The van der Waals surface area contributed by atoms with Crippen molar-refractivity contribution in [1.29, 1.82) is 0 Å². The van der Waals surface area contributed by atoms with Gasteiger partial charge in [-0.3, -0.25) is 14.5 Å². The van der Waals surface area contributed by atoms with Crippen LogP contribution in [0.1, 0.15) is 23.6 Å². The van der Waals surface area contributed by atoms with E-state index < -0.39 is 39.3 Å². The molecule has 2 aromatic carbocycles. The van der Waals surface area contributed by atoms with Crippen LogP contribution in [0.3, 0.4) is 0 Å². The number of hydrogen-bond acceptors (Lipinski definition) is 8. The van der Waals surface area contributed by atoms with Crippen LogP contribution in [0.2, 0.25) is 0 Å². The van der Waals surface area contributed by atoms with Gasteiger partial charge < -0.3 is 19.5 Å². The van der Waals surface area contributed by atoms with Crippen molar-refractivity contribution in [3.05, 3.63) is 71.0 Å². The molecule has 5 rings (SSSR count). The zero-order valence-electron chi connectivity index (χ0n) is 22.0. The lowest BCUT2D eigenvalue weighted by Gasteiger charge is -2.29. The first kappa shape index (κ1) is 28.4. The van der Waals surface area contributed by atoms with Crippen molar-refractivity contribution in [2.24, 2.45) is 0 Å². The van der Waals surface area contributed by atoms with Crippen molar-refractivity contribution in [2.45, 2.75) is 17.4 Å². The summed E-state index contributed by atoms with van der Waals surface area (Å²) < 4.78 is 51.7. The Balaban J connectivity index is 1.44. The van der Waals surface area contributed by atoms with Crippen LogP contribution in [0, 0.1) is 5.82 Å². The fourth-order valence-electron chi connectivity index (χ4n) is 5.27. The molecule has 0 aliphatic carbocycles. The minimum Gasteiger partial charge on any atom is -0.507 e. The fraction of sp³-hybridized carbons (Fsp3) is 0.429. The van der Waals surface area contributed by atoms with Gasteiger partial charge in [0.2, 0.25) is 10.0 Å². The molecule has 0 bridgehead atoms. The van der Waals surface area contributed by atoms with E-state index in [1.54, 1.807) is 0 Å². The van der Waals surface area contributed by atoms with Gasteiger partial charge in [0.25, 0.3) is 11.7 Å². The molecule has 0 aromatic heterocycles. The highest BCUT2D eigenvalue weighted by molar-refractivity contribution is 7.89. The van der Waals surface area contributed by atoms with Crippen LogP contribution in [0.15, 0.2) is 59.0 Å². The highest BCUT2D eigenvalue weighted by Gasteiger charge is 2.46. The summed E-state index contributed by atoms with van der Waals surface area (Å²) in [4.78, 5) is 30.1. The van der Waals surface area contributed by atoms with Gasteiger partial charge in [0, 0.05) is 44.8 Å². The molecule has 40 heavy (non-hydrogen) atoms. The molecule has 10 nitrogen and oxygen atoms in total. The van der Waals surface area contributed by atoms with Crippen LogP contribution >= 0.6 is 0 Å². The fourth-order valence-corrected chi connectivity index (χ4v) is 6.68. The van der Waals surface area contributed by atoms with Crippen LogP contribution in [0.5, 0.6) is 0 Å². The number of carbonyl (C=O) groups is 2. The summed E-state index contributed by atoms with van der Waals surface area (Å²) in [7, 11) is -3.75. The van der Waals surface area contributed by atoms with Gasteiger partial charge in [-0.15, -0.1) is 0 Å². The minimum atomic E-state index is -3.75. The largest absolute Gasteiger partial charge is 0.507 e. The summed E-state index contributed by atoms with van der Waals surface area (Å²) in [6.45, 7) is 4.96. The number of aliphatic hydroxyl groups is 1. The van der Waals surface area contributed by atoms with Gasteiger partial charge in [0.05, 0.1) is 42.9 Å². The number of halogens is 1. The van der Waals surface area contributed by atoms with E-state index in [0.29, 0.717) is 45.0 Å². The minimum absolute atomic E-state index is 0.0459. The normalized spacial score (nSPS) is 22.6. The van der Waals surface area contributed by atoms with Crippen LogP contribution in [-0.4, -0.2) is 105 Å². The quantitative estimate of drug-likeness (QED) is 0.290. The molecule has 1 unspecified atom stereocenters. The average molecular weight is 574 g/mol. The van der Waals surface area contributed by atoms with E-state index in [0.717, 1.165) is 13.1 Å². The molecule has 12 heteroatoms. The van der Waals surface area contributed by atoms with Gasteiger partial charge in [-0.25, -0.2) is 12.8 Å². The molecule has 2 aromatic rings. The number of ketones is 1. The summed E-state index contributed by atoms with van der Waals surface area (Å²) in [6, 6.07) is 10.1. The Morgan fingerprint density at radius 2 is 1.48 bits per heavy atom. The summed E-state index contributed by atoms with van der Waals surface area (Å²) >= 11 is 0. The number of amides is 1. The van der Waals surface area contributed by atoms with Crippen LogP contribution in [-0.2, 0) is 29.1 Å². The van der Waals surface area contributed by atoms with Crippen molar-refractivity contribution < 1.29 is 37.0 Å². The predicted molar refractivity (Wildman–Crippen MR) is 143 cm³/mol. The Hall–Kier alpha value is -3.16. The Bertz CT molecular complexity index is 1370. The van der Waals surface area contributed by atoms with Crippen LogP contribution < -0.4 is 0 Å². The van der Waals surface area contributed by atoms with E-state index in [1.807, 2.05) is 0 Å². The molecule has 0 saturated carbocycles. The number of aliphatic hydroxyl groups excluding tert-OH is 1. The predicted octanol–water partition coefficient (Wildman–Crippen LogP) is 1.99. The topological polar surface area (TPSA) is 117 Å². The van der Waals surface area contributed by atoms with Crippen molar-refractivity contribution in [3.63, 3.8) is 0 Å². The number of benzene rings is 2. The second-order valence-corrected chi connectivity index (χ2v) is 11.8. The second kappa shape index (κ2) is 12.1. The maximum atomic E-state index is 13.7. The van der Waals surface area contributed by atoms with Gasteiger partial charge in [-0.1, -0.05) is 12.1 Å². The number of Topliss-reactive ketones (excluding diaryl/α,β-unsaturated/α-hetero) is 1. The third-order valence-corrected chi connectivity index (χ3v) is 9.35. The Kier molecular flexibility index (Phi) is 8.62. The third-order valence-electron chi connectivity index (χ3n) is 7.44. The molecule has 214 valence electrons. The van der Waals surface area contributed by atoms with Gasteiger partial charge in [-0.05, 0) is 48.4 Å². The Labute approximate surface area is 232 Å². The van der Waals surface area contributed by atoms with Gasteiger partial charge in [0.1, 0.15) is 11.6 Å². The number of rotatable bonds is 8. The zero-order chi connectivity index (χ0) is 28.3. The molecule has 3 saturated heterocycles. The maximum absolute atomic E-state index is 13.7. The monoisotopic (exact) mass is 573 g/mol. The molecule has 1 amide bonds. The van der Waals surface area contributed by atoms with Crippen LogP contribution in [0.4, 0.5) is 4.39 Å². The lowest BCUT2D eigenvalue weighted by atomic mass is 9.95. The van der Waals surface area contributed by atoms with Crippen molar-refractivity contribution in [1.82, 2.24) is 14.1 Å². The van der Waals surface area contributed by atoms with E-state index in [4.69, 9.17) is 9.47 Å². The molecular weight excluding hydrogens is 541 g/mol. The molecule has 3 aliphatic heterocycles. The summed E-state index contributed by atoms with van der Waals surface area (Å²) in [6.07, 6.45) is 0.596. The molecule has 1 N–H and O–H groups in total. The molecule has 3 heterocycles. The Morgan fingerprint density at radius 1 is 0.875 bits per heavy atom. The lowest BCUT2D eigenvalue weighted by molar-refractivity contribution is -0.140. The molecule has 0 spiro atoms. The summed E-state index contributed by atoms with van der Waals surface area (Å²) in [5.41, 5.74) is 0.561. The first-order chi connectivity index (χ1) is 19.3. The highest BCUT2D eigenvalue weighted by Crippen LogP contribution is 2.39. The van der Waals surface area contributed by atoms with E-state index in [1.165, 1.54) is 57.7 Å². The van der Waals surface area contributed by atoms with E-state index >= 15 is 0 Å². The van der Waals surface area contributed by atoms with Crippen LogP contribution in [0.25, 0.3) is 5.76 Å². The van der Waals surface area contributed by atoms with E-state index in [-0.39, 0.29) is 35.7 Å². The maximum Gasteiger partial charge on any atom is 0.295 e. The first-order valence-electron chi connectivity index (χ1n) is 13.3. The van der Waals surface area contributed by atoms with E-state index in [2.05, 4.69) is 4.90 Å². The standard InChI is InChI=1S/C28H32FN3O7S/c29-22-6-2-20(3-7-22)25-24(27(34)28(35)32(25)11-1-10-30-12-16-38-17-13-30)26(33)21-4-8-23(9-5-21)40(36,37)31-14-18-39-19-15-31/h2-9,25,33H,1,10-19H2/b26-24+. The van der Waals surface area contributed by atoms with Gasteiger partial charge in [-0.2, -0.15) is 4.31 Å². The molecular formula is C28H32FN3O7S. The lowest BCUT2D eigenvalue weighted by Crippen LogP contribution is -2.40. The second-order valence-electron chi connectivity index (χ2n) is 9.89. The smallest absolute Gasteiger partial charge is 0.295 e. The Morgan fingerprint density at radius 3 is 2.10 bits per heavy atom. The molecule has 0 radical (unpaired) electrons. The van der Waals surface area contributed by atoms with Crippen molar-refractivity contribution in [3.8, 4) is 0 Å². The molecule has 1 atom stereocenters. The molecule has 3 aliphatic rings. The SMILES string of the molecule is O=C1C(=O)N(CCCN2CCOCC2)C(c2ccc(F)cc2)/C1=C(\O)c1ccc(S(=O)(=O)N2CCOCC2)cc1. The average Bonchev–Trinajstić information content (AvgIpc) is 3.23. The number of sulfonamides is 1. The van der Waals surface area contributed by atoms with Gasteiger partial charge >= 0.3 is 0 Å². The summed E-state index contributed by atoms with van der Waals surface area (Å²) in [5.74, 6) is -2.48. The van der Waals surface area contributed by atoms with Crippen molar-refractivity contribution >= 4 is 27.5 Å². The van der Waals surface area contributed by atoms with E-state index in [9.17, 15) is 27.5 Å². The number of ether oxygens (including phenoxy) is 2. The zero-order valence-corrected chi connectivity index (χ0v) is 22.8. The number of hydrogen-bond donors (Lipinski definition) is 1. The number of morpholine rings is 2. The number of carbonyl (C=O) groups excluding carboxylic acids is 2. The van der Waals surface area contributed by atoms with Gasteiger partial charge in [0.15, 0.2) is 0 Å². The molecule has 3 fully saturated rings. The summed E-state index contributed by atoms with van der Waals surface area (Å²) in [5, 5.41) is 11.3. The third kappa shape index (κ3) is 5.81. The highest BCUT2D eigenvalue weighted by atomic mass is 32.2. The first-order valence-corrected chi connectivity index (χ1v) is 14.7. The number of likely N-dealkylation sites (tertiary alicyclic amines) is 1. The van der Waals surface area contributed by atoms with Crippen molar-refractivity contribution in [2.75, 3.05) is 65.7 Å². The number of nitrogens with zero attached hydrogens (tertiary/aromatic N) is 3.